The normalized spacial score (nSPS) is 10.8. The van der Waals surface area contributed by atoms with Crippen LogP contribution < -0.4 is 10.7 Å². The fourth-order valence-electron chi connectivity index (χ4n) is 1.50. The molecular weight excluding hydrogens is 402 g/mol. The van der Waals surface area contributed by atoms with Gasteiger partial charge in [0, 0.05) is 14.6 Å². The van der Waals surface area contributed by atoms with Gasteiger partial charge in [-0.3, -0.25) is 4.79 Å². The first kappa shape index (κ1) is 15.8. The highest BCUT2D eigenvalue weighted by molar-refractivity contribution is 9.11. The van der Waals surface area contributed by atoms with Gasteiger partial charge in [-0.05, 0) is 36.8 Å². The van der Waals surface area contributed by atoms with Gasteiger partial charge < -0.3 is 9.73 Å². The standard InChI is InChI=1S/C14H13Br2N3O2/c1-9-12(15)5-10(6-13(9)16)17-8-14(20)19-18-7-11-3-2-4-21-11/h2-7,17H,8H2,1H3,(H,19,20)/b18-7+. The number of halogens is 2. The highest BCUT2D eigenvalue weighted by Crippen LogP contribution is 2.28. The van der Waals surface area contributed by atoms with E-state index in [0.29, 0.717) is 5.76 Å². The molecule has 0 saturated carbocycles. The number of carbonyl (C=O) groups is 1. The quantitative estimate of drug-likeness (QED) is 0.579. The Morgan fingerprint density at radius 1 is 1.38 bits per heavy atom. The maximum absolute atomic E-state index is 11.6. The zero-order valence-corrected chi connectivity index (χ0v) is 14.4. The van der Waals surface area contributed by atoms with Crippen molar-refractivity contribution in [3.8, 4) is 0 Å². The maximum atomic E-state index is 11.6. The molecule has 0 bridgehead atoms. The molecule has 7 heteroatoms. The molecule has 1 aromatic heterocycles. The maximum Gasteiger partial charge on any atom is 0.259 e. The number of hydrazone groups is 1. The van der Waals surface area contributed by atoms with Crippen LogP contribution in [0, 0.1) is 6.92 Å². The molecule has 0 spiro atoms. The van der Waals surface area contributed by atoms with Crippen LogP contribution in [0.1, 0.15) is 11.3 Å². The summed E-state index contributed by atoms with van der Waals surface area (Å²) in [7, 11) is 0. The average Bonchev–Trinajstić information content (AvgIpc) is 2.95. The molecule has 0 atom stereocenters. The van der Waals surface area contributed by atoms with E-state index in [1.165, 1.54) is 12.5 Å². The Morgan fingerprint density at radius 2 is 2.10 bits per heavy atom. The number of amides is 1. The number of hydrogen-bond acceptors (Lipinski definition) is 4. The first-order valence-electron chi connectivity index (χ1n) is 6.11. The summed E-state index contributed by atoms with van der Waals surface area (Å²) in [5.41, 5.74) is 4.36. The smallest absolute Gasteiger partial charge is 0.259 e. The predicted octanol–water partition coefficient (Wildman–Crippen LogP) is 3.68. The van der Waals surface area contributed by atoms with Crippen molar-refractivity contribution in [3.05, 3.63) is 50.8 Å². The molecule has 0 aliphatic carbocycles. The second-order valence-corrected chi connectivity index (χ2v) is 5.94. The molecule has 1 amide bonds. The van der Waals surface area contributed by atoms with Crippen LogP contribution in [0.25, 0.3) is 0 Å². The Hall–Kier alpha value is -1.60. The number of hydrogen-bond donors (Lipinski definition) is 2. The number of nitrogens with zero attached hydrogens (tertiary/aromatic N) is 1. The zero-order valence-electron chi connectivity index (χ0n) is 11.2. The molecule has 0 radical (unpaired) electrons. The van der Waals surface area contributed by atoms with Crippen molar-refractivity contribution >= 4 is 49.7 Å². The van der Waals surface area contributed by atoms with Gasteiger partial charge in [-0.1, -0.05) is 31.9 Å². The molecule has 1 heterocycles. The third-order valence-electron chi connectivity index (χ3n) is 2.66. The fraction of sp³-hybridized carbons (Fsp3) is 0.143. The van der Waals surface area contributed by atoms with Crippen molar-refractivity contribution in [1.29, 1.82) is 0 Å². The largest absolute Gasteiger partial charge is 0.463 e. The third kappa shape index (κ3) is 4.71. The van der Waals surface area contributed by atoms with Gasteiger partial charge in [0.25, 0.3) is 5.91 Å². The Morgan fingerprint density at radius 3 is 2.71 bits per heavy atom. The molecule has 110 valence electrons. The lowest BCUT2D eigenvalue weighted by Gasteiger charge is -2.09. The molecule has 0 saturated heterocycles. The Bertz CT molecular complexity index is 631. The molecule has 2 aromatic rings. The molecule has 21 heavy (non-hydrogen) atoms. The summed E-state index contributed by atoms with van der Waals surface area (Å²) in [5, 5.41) is 6.83. The third-order valence-corrected chi connectivity index (χ3v) is 4.31. The van der Waals surface area contributed by atoms with Gasteiger partial charge in [0.2, 0.25) is 0 Å². The minimum absolute atomic E-state index is 0.122. The summed E-state index contributed by atoms with van der Waals surface area (Å²) in [6, 6.07) is 7.33. The number of rotatable bonds is 5. The van der Waals surface area contributed by atoms with E-state index in [-0.39, 0.29) is 12.5 Å². The van der Waals surface area contributed by atoms with Gasteiger partial charge in [-0.25, -0.2) is 5.43 Å². The minimum Gasteiger partial charge on any atom is -0.463 e. The molecule has 0 aliphatic rings. The van der Waals surface area contributed by atoms with E-state index in [1.54, 1.807) is 12.1 Å². The van der Waals surface area contributed by atoms with Gasteiger partial charge >= 0.3 is 0 Å². The molecule has 0 aliphatic heterocycles. The molecule has 2 N–H and O–H groups in total. The lowest BCUT2D eigenvalue weighted by Crippen LogP contribution is -2.25. The first-order valence-corrected chi connectivity index (χ1v) is 7.70. The summed E-state index contributed by atoms with van der Waals surface area (Å²) >= 11 is 6.93. The second kappa shape index (κ2) is 7.42. The van der Waals surface area contributed by atoms with E-state index >= 15 is 0 Å². The Balaban J connectivity index is 1.84. The highest BCUT2D eigenvalue weighted by atomic mass is 79.9. The SMILES string of the molecule is Cc1c(Br)cc(NCC(=O)N/N=C/c2ccco2)cc1Br. The number of carbonyl (C=O) groups excluding carboxylic acids is 1. The molecule has 2 rings (SSSR count). The predicted molar refractivity (Wildman–Crippen MR) is 89.5 cm³/mol. The van der Waals surface area contributed by atoms with E-state index in [2.05, 4.69) is 47.7 Å². The van der Waals surface area contributed by atoms with E-state index < -0.39 is 0 Å². The Kier molecular flexibility index (Phi) is 5.58. The van der Waals surface area contributed by atoms with E-state index in [9.17, 15) is 4.79 Å². The fourth-order valence-corrected chi connectivity index (χ4v) is 2.69. The lowest BCUT2D eigenvalue weighted by molar-refractivity contribution is -0.119. The molecule has 1 aromatic carbocycles. The van der Waals surface area contributed by atoms with Crippen LogP contribution in [0.3, 0.4) is 0 Å². The van der Waals surface area contributed by atoms with Gasteiger partial charge in [-0.2, -0.15) is 5.10 Å². The van der Waals surface area contributed by atoms with Crippen molar-refractivity contribution in [2.45, 2.75) is 6.92 Å². The number of benzene rings is 1. The van der Waals surface area contributed by atoms with Crippen LogP contribution >= 0.6 is 31.9 Å². The molecule has 0 fully saturated rings. The summed E-state index contributed by atoms with van der Waals surface area (Å²) < 4.78 is 6.99. The van der Waals surface area contributed by atoms with Crippen LogP contribution in [0.4, 0.5) is 5.69 Å². The van der Waals surface area contributed by atoms with Crippen LogP contribution in [-0.4, -0.2) is 18.7 Å². The molecule has 0 unspecified atom stereocenters. The minimum atomic E-state index is -0.245. The second-order valence-electron chi connectivity index (χ2n) is 4.23. The molecule has 5 nitrogen and oxygen atoms in total. The van der Waals surface area contributed by atoms with Crippen LogP contribution in [0.5, 0.6) is 0 Å². The first-order chi connectivity index (χ1) is 10.1. The van der Waals surface area contributed by atoms with E-state index in [0.717, 1.165) is 20.2 Å². The summed E-state index contributed by atoms with van der Waals surface area (Å²) in [4.78, 5) is 11.6. The number of anilines is 1. The van der Waals surface area contributed by atoms with Crippen molar-refractivity contribution in [2.24, 2.45) is 5.10 Å². The number of nitrogens with one attached hydrogen (secondary N) is 2. The van der Waals surface area contributed by atoms with Gasteiger partial charge in [-0.15, -0.1) is 0 Å². The van der Waals surface area contributed by atoms with Crippen LogP contribution in [-0.2, 0) is 4.79 Å². The van der Waals surface area contributed by atoms with Crippen molar-refractivity contribution < 1.29 is 9.21 Å². The van der Waals surface area contributed by atoms with Crippen LogP contribution in [0.15, 0.2) is 49.0 Å². The highest BCUT2D eigenvalue weighted by Gasteiger charge is 2.05. The van der Waals surface area contributed by atoms with Gasteiger partial charge in [0.1, 0.15) is 5.76 Å². The average molecular weight is 415 g/mol. The number of furan rings is 1. The monoisotopic (exact) mass is 413 g/mol. The summed E-state index contributed by atoms with van der Waals surface area (Å²) in [5.74, 6) is 0.334. The zero-order chi connectivity index (χ0) is 15.2. The lowest BCUT2D eigenvalue weighted by atomic mass is 10.2. The van der Waals surface area contributed by atoms with Gasteiger partial charge in [0.05, 0.1) is 19.0 Å². The Labute approximate surface area is 139 Å². The van der Waals surface area contributed by atoms with Crippen LogP contribution in [0.2, 0.25) is 0 Å². The van der Waals surface area contributed by atoms with E-state index in [4.69, 9.17) is 4.42 Å². The summed E-state index contributed by atoms with van der Waals surface area (Å²) in [6.45, 7) is 2.12. The van der Waals surface area contributed by atoms with Crippen molar-refractivity contribution in [3.63, 3.8) is 0 Å². The van der Waals surface area contributed by atoms with Crippen molar-refractivity contribution in [1.82, 2.24) is 5.43 Å². The van der Waals surface area contributed by atoms with Crippen molar-refractivity contribution in [2.75, 3.05) is 11.9 Å². The topological polar surface area (TPSA) is 66.6 Å². The van der Waals surface area contributed by atoms with E-state index in [1.807, 2.05) is 19.1 Å². The van der Waals surface area contributed by atoms with Gasteiger partial charge in [0.15, 0.2) is 0 Å². The summed E-state index contributed by atoms with van der Waals surface area (Å²) in [6.07, 6.45) is 2.98. The molecular formula is C14H13Br2N3O2.